The number of carbonyl (C=O) groups is 2. The zero-order chi connectivity index (χ0) is 16.3. The first kappa shape index (κ1) is 15.8. The number of aromatic carboxylic acids is 1. The number of benzene rings is 1. The van der Waals surface area contributed by atoms with Crippen molar-refractivity contribution in [2.24, 2.45) is 0 Å². The topological polar surface area (TPSA) is 103 Å². The van der Waals surface area contributed by atoms with Gasteiger partial charge in [0, 0.05) is 5.69 Å². The average molecular weight is 320 g/mol. The molecule has 0 saturated heterocycles. The molecular formula is C14H16N4O3S. The number of hydrogen-bond donors (Lipinski definition) is 4. The van der Waals surface area contributed by atoms with Crippen LogP contribution in [0.5, 0.6) is 0 Å². The highest BCUT2D eigenvalue weighted by molar-refractivity contribution is 7.14. The van der Waals surface area contributed by atoms with Crippen molar-refractivity contribution < 1.29 is 14.7 Å². The number of rotatable bonds is 4. The Morgan fingerprint density at radius 1 is 1.23 bits per heavy atom. The summed E-state index contributed by atoms with van der Waals surface area (Å²) in [7, 11) is 0. The molecule has 1 aromatic heterocycles. The van der Waals surface area contributed by atoms with E-state index < -0.39 is 12.0 Å². The Balaban J connectivity index is 2.00. The van der Waals surface area contributed by atoms with Crippen LogP contribution in [0.15, 0.2) is 18.2 Å². The van der Waals surface area contributed by atoms with Gasteiger partial charge in [-0.05, 0) is 32.4 Å². The van der Waals surface area contributed by atoms with Gasteiger partial charge in [0.2, 0.25) is 0 Å². The lowest BCUT2D eigenvalue weighted by Gasteiger charge is -2.11. The van der Waals surface area contributed by atoms with Gasteiger partial charge in [0.15, 0.2) is 10.7 Å². The number of aryl methyl sites for hydroxylation is 3. The van der Waals surface area contributed by atoms with Crippen molar-refractivity contribution in [3.63, 3.8) is 0 Å². The minimum atomic E-state index is -1.09. The Kier molecular flexibility index (Phi) is 4.62. The third-order valence-corrected chi connectivity index (χ3v) is 3.81. The SMILES string of the molecule is Cc1ccc(NC(=O)NNc2nc(C)sc2C(=O)O)c(C)c1. The summed E-state index contributed by atoms with van der Waals surface area (Å²) in [6.45, 7) is 5.55. The number of amides is 2. The monoisotopic (exact) mass is 320 g/mol. The maximum atomic E-state index is 11.9. The fourth-order valence-electron chi connectivity index (χ4n) is 1.88. The normalized spacial score (nSPS) is 10.1. The number of hydrazine groups is 1. The van der Waals surface area contributed by atoms with Gasteiger partial charge in [-0.25, -0.2) is 20.0 Å². The van der Waals surface area contributed by atoms with Gasteiger partial charge in [-0.1, -0.05) is 17.7 Å². The minimum absolute atomic E-state index is 0.0457. The van der Waals surface area contributed by atoms with Gasteiger partial charge in [0.05, 0.1) is 5.01 Å². The van der Waals surface area contributed by atoms with Crippen molar-refractivity contribution >= 4 is 34.8 Å². The van der Waals surface area contributed by atoms with Crippen molar-refractivity contribution in [3.05, 3.63) is 39.2 Å². The first-order chi connectivity index (χ1) is 10.4. The molecule has 2 amide bonds. The molecule has 2 aromatic rings. The minimum Gasteiger partial charge on any atom is -0.477 e. The van der Waals surface area contributed by atoms with Crippen LogP contribution in [0.4, 0.5) is 16.3 Å². The summed E-state index contributed by atoms with van der Waals surface area (Å²) in [6.07, 6.45) is 0. The number of carbonyl (C=O) groups excluding carboxylic acids is 1. The highest BCUT2D eigenvalue weighted by Crippen LogP contribution is 2.22. The molecule has 1 aromatic carbocycles. The van der Waals surface area contributed by atoms with E-state index in [9.17, 15) is 9.59 Å². The molecule has 0 bridgehead atoms. The van der Waals surface area contributed by atoms with Crippen molar-refractivity contribution in [2.75, 3.05) is 10.7 Å². The van der Waals surface area contributed by atoms with Gasteiger partial charge in [0.1, 0.15) is 0 Å². The Morgan fingerprint density at radius 2 is 1.95 bits per heavy atom. The molecule has 0 saturated carbocycles. The van der Waals surface area contributed by atoms with Crippen molar-refractivity contribution in [3.8, 4) is 0 Å². The summed E-state index contributed by atoms with van der Waals surface area (Å²) in [4.78, 5) is 27.0. The molecular weight excluding hydrogens is 304 g/mol. The molecule has 0 unspecified atom stereocenters. The number of carboxylic acid groups (broad SMARTS) is 1. The van der Waals surface area contributed by atoms with Crippen molar-refractivity contribution in [1.82, 2.24) is 10.4 Å². The molecule has 22 heavy (non-hydrogen) atoms. The third-order valence-electron chi connectivity index (χ3n) is 2.85. The second kappa shape index (κ2) is 6.44. The number of thiazole rings is 1. The van der Waals surface area contributed by atoms with E-state index in [1.807, 2.05) is 26.0 Å². The predicted octanol–water partition coefficient (Wildman–Crippen LogP) is 2.92. The molecule has 0 aliphatic carbocycles. The quantitative estimate of drug-likeness (QED) is 0.649. The van der Waals surface area contributed by atoms with Gasteiger partial charge >= 0.3 is 12.0 Å². The Bertz CT molecular complexity index is 727. The van der Waals surface area contributed by atoms with Crippen LogP contribution in [0.3, 0.4) is 0 Å². The fourth-order valence-corrected chi connectivity index (χ4v) is 2.59. The Morgan fingerprint density at radius 3 is 2.59 bits per heavy atom. The lowest BCUT2D eigenvalue weighted by Crippen LogP contribution is -2.34. The van der Waals surface area contributed by atoms with Crippen LogP contribution >= 0.6 is 11.3 Å². The number of carboxylic acids is 1. The Labute approximate surface area is 131 Å². The summed E-state index contributed by atoms with van der Waals surface area (Å²) >= 11 is 1.04. The van der Waals surface area contributed by atoms with Crippen LogP contribution in [-0.2, 0) is 0 Å². The highest BCUT2D eigenvalue weighted by atomic mass is 32.1. The molecule has 0 aliphatic rings. The summed E-state index contributed by atoms with van der Waals surface area (Å²) < 4.78 is 0. The fraction of sp³-hybridized carbons (Fsp3) is 0.214. The van der Waals surface area contributed by atoms with Crippen LogP contribution in [0.1, 0.15) is 25.8 Å². The van der Waals surface area contributed by atoms with Crippen LogP contribution in [-0.4, -0.2) is 22.1 Å². The number of aromatic nitrogens is 1. The molecule has 0 fully saturated rings. The summed E-state index contributed by atoms with van der Waals surface area (Å²) in [5.41, 5.74) is 7.62. The van der Waals surface area contributed by atoms with Gasteiger partial charge in [-0.2, -0.15) is 0 Å². The lowest BCUT2D eigenvalue weighted by molar-refractivity contribution is 0.0702. The molecule has 0 radical (unpaired) electrons. The van der Waals surface area contributed by atoms with Crippen LogP contribution in [0, 0.1) is 20.8 Å². The number of hydrogen-bond acceptors (Lipinski definition) is 5. The van der Waals surface area contributed by atoms with Crippen molar-refractivity contribution in [1.29, 1.82) is 0 Å². The molecule has 7 nitrogen and oxygen atoms in total. The van der Waals surface area contributed by atoms with E-state index in [4.69, 9.17) is 5.11 Å². The van der Waals surface area contributed by atoms with E-state index in [2.05, 4.69) is 21.2 Å². The molecule has 8 heteroatoms. The molecule has 0 aliphatic heterocycles. The standard InChI is InChI=1S/C14H16N4O3S/c1-7-4-5-10(8(2)6-7)16-14(21)18-17-12-11(13(19)20)22-9(3)15-12/h4-6,17H,1-3H3,(H,19,20)(H2,16,18,21). The second-order valence-corrected chi connectivity index (χ2v) is 5.94. The predicted molar refractivity (Wildman–Crippen MR) is 85.5 cm³/mol. The zero-order valence-corrected chi connectivity index (χ0v) is 13.2. The van der Waals surface area contributed by atoms with Crippen LogP contribution < -0.4 is 16.2 Å². The largest absolute Gasteiger partial charge is 0.477 e. The molecule has 0 spiro atoms. The number of anilines is 2. The smallest absolute Gasteiger partial charge is 0.349 e. The van der Waals surface area contributed by atoms with Gasteiger partial charge in [-0.3, -0.25) is 5.43 Å². The molecule has 116 valence electrons. The molecule has 1 heterocycles. The Hall–Kier alpha value is -2.61. The van der Waals surface area contributed by atoms with Crippen LogP contribution in [0.25, 0.3) is 0 Å². The number of urea groups is 1. The van der Waals surface area contributed by atoms with E-state index in [1.165, 1.54) is 0 Å². The number of nitrogens with zero attached hydrogens (tertiary/aromatic N) is 1. The second-order valence-electron chi connectivity index (χ2n) is 4.74. The van der Waals surface area contributed by atoms with Gasteiger partial charge in [-0.15, -0.1) is 11.3 Å². The van der Waals surface area contributed by atoms with Gasteiger partial charge < -0.3 is 10.4 Å². The highest BCUT2D eigenvalue weighted by Gasteiger charge is 2.16. The molecule has 2 rings (SSSR count). The third kappa shape index (κ3) is 3.73. The molecule has 0 atom stereocenters. The summed E-state index contributed by atoms with van der Waals surface area (Å²) in [5, 5.41) is 12.3. The van der Waals surface area contributed by atoms with E-state index in [0.29, 0.717) is 10.7 Å². The van der Waals surface area contributed by atoms with E-state index >= 15 is 0 Å². The summed E-state index contributed by atoms with van der Waals surface area (Å²) in [6, 6.07) is 5.14. The maximum Gasteiger partial charge on any atom is 0.349 e. The molecule has 4 N–H and O–H groups in total. The van der Waals surface area contributed by atoms with Crippen LogP contribution in [0.2, 0.25) is 0 Å². The van der Waals surface area contributed by atoms with E-state index in [1.54, 1.807) is 13.0 Å². The average Bonchev–Trinajstić information content (AvgIpc) is 2.81. The first-order valence-corrected chi connectivity index (χ1v) is 7.29. The van der Waals surface area contributed by atoms with E-state index in [0.717, 1.165) is 22.5 Å². The maximum absolute atomic E-state index is 11.9. The summed E-state index contributed by atoms with van der Waals surface area (Å²) in [5.74, 6) is -0.976. The van der Waals surface area contributed by atoms with Gasteiger partial charge in [0.25, 0.3) is 0 Å². The first-order valence-electron chi connectivity index (χ1n) is 6.48. The van der Waals surface area contributed by atoms with E-state index in [-0.39, 0.29) is 10.7 Å². The van der Waals surface area contributed by atoms with Crippen molar-refractivity contribution in [2.45, 2.75) is 20.8 Å². The lowest BCUT2D eigenvalue weighted by atomic mass is 10.1. The zero-order valence-electron chi connectivity index (χ0n) is 12.4. The number of nitrogens with one attached hydrogen (secondary N) is 3.